The predicted molar refractivity (Wildman–Crippen MR) is 138 cm³/mol. The van der Waals surface area contributed by atoms with Crippen LogP contribution in [0.2, 0.25) is 0 Å². The van der Waals surface area contributed by atoms with Gasteiger partial charge < -0.3 is 19.9 Å². The molecule has 0 aromatic heterocycles. The Morgan fingerprint density at radius 3 is 2.31 bits per heavy atom. The fourth-order valence-electron chi connectivity index (χ4n) is 4.97. The number of likely N-dealkylation sites (tertiary alicyclic amines) is 1. The van der Waals surface area contributed by atoms with Crippen LogP contribution in [-0.2, 0) is 9.53 Å². The van der Waals surface area contributed by atoms with Crippen molar-refractivity contribution in [1.82, 2.24) is 20.0 Å². The van der Waals surface area contributed by atoms with Crippen LogP contribution in [0.5, 0.6) is 0 Å². The molecule has 1 unspecified atom stereocenters. The van der Waals surface area contributed by atoms with Gasteiger partial charge in [0.15, 0.2) is 0 Å². The number of rotatable bonds is 6. The van der Waals surface area contributed by atoms with Crippen LogP contribution >= 0.6 is 0 Å². The van der Waals surface area contributed by atoms with Crippen molar-refractivity contribution in [3.63, 3.8) is 0 Å². The van der Waals surface area contributed by atoms with Crippen LogP contribution in [0.1, 0.15) is 44.7 Å². The van der Waals surface area contributed by atoms with Crippen LogP contribution in [0.3, 0.4) is 0 Å². The van der Waals surface area contributed by atoms with Gasteiger partial charge >= 0.3 is 0 Å². The standard InChI is InChI=1S/C28H36N4O4/c1-20-9-11-22(12-10-20)26(34)31-16-13-28(14-17-31)32(27(35)23-8-6-5-7-21(23)2)24(19-36-28)25(33)29-15-18-30(3)4/h5-12,24H,13-19H2,1-4H3,(H,29,33). The molecule has 192 valence electrons. The lowest BCUT2D eigenvalue weighted by atomic mass is 9.95. The lowest BCUT2D eigenvalue weighted by Gasteiger charge is -2.44. The quantitative estimate of drug-likeness (QED) is 0.670. The molecule has 1 spiro atoms. The first kappa shape index (κ1) is 25.9. The van der Waals surface area contributed by atoms with E-state index in [1.165, 1.54) is 0 Å². The maximum atomic E-state index is 13.9. The van der Waals surface area contributed by atoms with Crippen LogP contribution < -0.4 is 5.32 Å². The van der Waals surface area contributed by atoms with Crippen molar-refractivity contribution in [1.29, 1.82) is 0 Å². The summed E-state index contributed by atoms with van der Waals surface area (Å²) >= 11 is 0. The van der Waals surface area contributed by atoms with Gasteiger partial charge in [-0.2, -0.15) is 0 Å². The number of amides is 3. The van der Waals surface area contributed by atoms with E-state index in [1.807, 2.05) is 75.3 Å². The fraction of sp³-hybridized carbons (Fsp3) is 0.464. The number of aryl methyl sites for hydroxylation is 2. The van der Waals surface area contributed by atoms with Gasteiger partial charge in [-0.15, -0.1) is 0 Å². The van der Waals surface area contributed by atoms with E-state index in [2.05, 4.69) is 5.32 Å². The number of hydrogen-bond donors (Lipinski definition) is 1. The van der Waals surface area contributed by atoms with Crippen LogP contribution in [0.4, 0.5) is 0 Å². The molecule has 0 bridgehead atoms. The Morgan fingerprint density at radius 2 is 1.67 bits per heavy atom. The van der Waals surface area contributed by atoms with Gasteiger partial charge in [-0.3, -0.25) is 19.3 Å². The van der Waals surface area contributed by atoms with Gasteiger partial charge in [-0.05, 0) is 51.7 Å². The van der Waals surface area contributed by atoms with Crippen molar-refractivity contribution in [2.24, 2.45) is 0 Å². The number of carbonyl (C=O) groups excluding carboxylic acids is 3. The number of likely N-dealkylation sites (N-methyl/N-ethyl adjacent to an activating group) is 1. The smallest absolute Gasteiger partial charge is 0.257 e. The van der Waals surface area contributed by atoms with Crippen LogP contribution in [0.25, 0.3) is 0 Å². The maximum absolute atomic E-state index is 13.9. The third-order valence-corrected chi connectivity index (χ3v) is 7.15. The highest BCUT2D eigenvalue weighted by atomic mass is 16.5. The molecule has 0 aliphatic carbocycles. The first-order valence-corrected chi connectivity index (χ1v) is 12.5. The van der Waals surface area contributed by atoms with Gasteiger partial charge in [0.05, 0.1) is 6.61 Å². The number of benzene rings is 2. The Kier molecular flexibility index (Phi) is 7.76. The van der Waals surface area contributed by atoms with Crippen molar-refractivity contribution >= 4 is 17.7 Å². The van der Waals surface area contributed by atoms with Crippen LogP contribution in [-0.4, -0.2) is 91.1 Å². The van der Waals surface area contributed by atoms with E-state index < -0.39 is 11.8 Å². The van der Waals surface area contributed by atoms with E-state index >= 15 is 0 Å². The van der Waals surface area contributed by atoms with Crippen molar-refractivity contribution < 1.29 is 19.1 Å². The first-order valence-electron chi connectivity index (χ1n) is 12.5. The van der Waals surface area contributed by atoms with Gasteiger partial charge in [-0.1, -0.05) is 35.9 Å². The molecule has 2 aliphatic heterocycles. The van der Waals surface area contributed by atoms with Crippen molar-refractivity contribution in [3.05, 3.63) is 70.8 Å². The molecular weight excluding hydrogens is 456 g/mol. The van der Waals surface area contributed by atoms with E-state index in [4.69, 9.17) is 4.74 Å². The first-order chi connectivity index (χ1) is 17.2. The average Bonchev–Trinajstić information content (AvgIpc) is 3.22. The molecule has 2 fully saturated rings. The second kappa shape index (κ2) is 10.8. The minimum Gasteiger partial charge on any atom is -0.353 e. The molecule has 8 nitrogen and oxygen atoms in total. The summed E-state index contributed by atoms with van der Waals surface area (Å²) in [5.74, 6) is -0.455. The summed E-state index contributed by atoms with van der Waals surface area (Å²) in [5.41, 5.74) is 2.24. The minimum atomic E-state index is -0.924. The molecule has 36 heavy (non-hydrogen) atoms. The highest BCUT2D eigenvalue weighted by molar-refractivity contribution is 5.99. The van der Waals surface area contributed by atoms with Crippen LogP contribution in [0.15, 0.2) is 48.5 Å². The SMILES string of the molecule is Cc1ccc(C(=O)N2CCC3(CC2)OCC(C(=O)NCCN(C)C)N3C(=O)c2ccccc2C)cc1. The highest BCUT2D eigenvalue weighted by Gasteiger charge is 2.54. The molecule has 1 atom stereocenters. The largest absolute Gasteiger partial charge is 0.353 e. The number of nitrogens with zero attached hydrogens (tertiary/aromatic N) is 3. The monoisotopic (exact) mass is 492 g/mol. The Balaban J connectivity index is 1.55. The second-order valence-corrected chi connectivity index (χ2v) is 10.0. The molecule has 0 saturated carbocycles. The Morgan fingerprint density at radius 1 is 1.00 bits per heavy atom. The molecule has 2 saturated heterocycles. The van der Waals surface area contributed by atoms with Crippen molar-refractivity contribution in [2.75, 3.05) is 46.9 Å². The summed E-state index contributed by atoms with van der Waals surface area (Å²) in [6.45, 7) is 6.10. The molecule has 8 heteroatoms. The van der Waals surface area contributed by atoms with E-state index in [-0.39, 0.29) is 24.3 Å². The lowest BCUT2D eigenvalue weighted by molar-refractivity contribution is -0.128. The molecular formula is C28H36N4O4. The normalized spacial score (nSPS) is 19.1. The van der Waals surface area contributed by atoms with Gasteiger partial charge in [0.2, 0.25) is 5.91 Å². The highest BCUT2D eigenvalue weighted by Crippen LogP contribution is 2.39. The Labute approximate surface area is 213 Å². The van der Waals surface area contributed by atoms with E-state index in [0.29, 0.717) is 50.1 Å². The van der Waals surface area contributed by atoms with E-state index in [9.17, 15) is 14.4 Å². The molecule has 0 radical (unpaired) electrons. The van der Waals surface area contributed by atoms with Crippen molar-refractivity contribution in [2.45, 2.75) is 38.5 Å². The summed E-state index contributed by atoms with van der Waals surface area (Å²) in [7, 11) is 3.89. The summed E-state index contributed by atoms with van der Waals surface area (Å²) in [6, 6.07) is 14.2. The molecule has 2 aromatic rings. The minimum absolute atomic E-state index is 0.0300. The maximum Gasteiger partial charge on any atom is 0.257 e. The fourth-order valence-corrected chi connectivity index (χ4v) is 4.97. The summed E-state index contributed by atoms with van der Waals surface area (Å²) in [5, 5.41) is 2.96. The van der Waals surface area contributed by atoms with E-state index in [1.54, 1.807) is 15.9 Å². The predicted octanol–water partition coefficient (Wildman–Crippen LogP) is 2.45. The third kappa shape index (κ3) is 5.29. The number of nitrogens with one attached hydrogen (secondary N) is 1. The zero-order valence-corrected chi connectivity index (χ0v) is 21.6. The zero-order chi connectivity index (χ0) is 25.9. The van der Waals surface area contributed by atoms with Gasteiger partial charge in [0.1, 0.15) is 11.8 Å². The molecule has 4 rings (SSSR count). The molecule has 3 amide bonds. The molecule has 2 aromatic carbocycles. The number of ether oxygens (including phenoxy) is 1. The second-order valence-electron chi connectivity index (χ2n) is 10.0. The Bertz CT molecular complexity index is 1110. The molecule has 2 heterocycles. The lowest BCUT2D eigenvalue weighted by Crippen LogP contribution is -2.60. The van der Waals surface area contributed by atoms with Crippen molar-refractivity contribution in [3.8, 4) is 0 Å². The third-order valence-electron chi connectivity index (χ3n) is 7.15. The topological polar surface area (TPSA) is 82.2 Å². The summed E-state index contributed by atoms with van der Waals surface area (Å²) in [6.07, 6.45) is 0.896. The number of carbonyl (C=O) groups is 3. The van der Waals surface area contributed by atoms with E-state index in [0.717, 1.165) is 11.1 Å². The summed E-state index contributed by atoms with van der Waals surface area (Å²) in [4.78, 5) is 45.6. The van der Waals surface area contributed by atoms with Gasteiger partial charge in [0.25, 0.3) is 11.8 Å². The average molecular weight is 493 g/mol. The molecule has 1 N–H and O–H groups in total. The number of piperidine rings is 1. The van der Waals surface area contributed by atoms with Gasteiger partial charge in [-0.25, -0.2) is 0 Å². The summed E-state index contributed by atoms with van der Waals surface area (Å²) < 4.78 is 6.28. The number of hydrogen-bond acceptors (Lipinski definition) is 5. The van der Waals surface area contributed by atoms with Crippen LogP contribution in [0, 0.1) is 13.8 Å². The molecule has 2 aliphatic rings. The zero-order valence-electron chi connectivity index (χ0n) is 21.6. The Hall–Kier alpha value is -3.23. The van der Waals surface area contributed by atoms with Gasteiger partial charge in [0, 0.05) is 50.1 Å².